The Balaban J connectivity index is 1.56. The quantitative estimate of drug-likeness (QED) is 0.429. The molecule has 0 saturated heterocycles. The number of nitrogens with one attached hydrogen (secondary N) is 3. The molecule has 0 unspecified atom stereocenters. The highest BCUT2D eigenvalue weighted by atomic mass is 35.5. The van der Waals surface area contributed by atoms with Crippen molar-refractivity contribution in [2.24, 2.45) is 0 Å². The molecule has 1 aromatic heterocycles. The number of alkyl carbamates (subject to hydrolysis) is 1. The van der Waals surface area contributed by atoms with Crippen molar-refractivity contribution in [1.82, 2.24) is 5.32 Å². The lowest BCUT2D eigenvalue weighted by atomic mass is 10.1. The Labute approximate surface area is 210 Å². The Bertz CT molecular complexity index is 1420. The van der Waals surface area contributed by atoms with Crippen LogP contribution in [0.25, 0.3) is 0 Å². The van der Waals surface area contributed by atoms with Crippen molar-refractivity contribution in [3.63, 3.8) is 0 Å². The number of hydrogen-bond acceptors (Lipinski definition) is 7. The number of benzene rings is 2. The number of methoxy groups -OCH3 is 1. The van der Waals surface area contributed by atoms with E-state index in [9.17, 15) is 22.8 Å². The molecular formula is C23H20ClN3O6S2. The lowest BCUT2D eigenvalue weighted by Crippen LogP contribution is -2.31. The monoisotopic (exact) mass is 533 g/mol. The van der Waals surface area contributed by atoms with Crippen molar-refractivity contribution in [2.45, 2.75) is 24.2 Å². The van der Waals surface area contributed by atoms with Crippen molar-refractivity contribution in [1.29, 1.82) is 0 Å². The molecule has 3 N–H and O–H groups in total. The van der Waals surface area contributed by atoms with Gasteiger partial charge in [0.25, 0.3) is 21.8 Å². The van der Waals surface area contributed by atoms with Crippen LogP contribution in [0.15, 0.2) is 53.4 Å². The third-order valence-corrected chi connectivity index (χ3v) is 8.13. The van der Waals surface area contributed by atoms with Crippen LogP contribution in [0.1, 0.15) is 37.6 Å². The average molecular weight is 534 g/mol. The van der Waals surface area contributed by atoms with Crippen molar-refractivity contribution in [3.8, 4) is 0 Å². The number of anilines is 2. The maximum atomic E-state index is 13.0. The maximum absolute atomic E-state index is 13.0. The highest BCUT2D eigenvalue weighted by Gasteiger charge is 2.28. The Kier molecular flexibility index (Phi) is 7.10. The summed E-state index contributed by atoms with van der Waals surface area (Å²) >= 11 is 7.10. The second-order valence-electron chi connectivity index (χ2n) is 7.60. The van der Waals surface area contributed by atoms with Crippen LogP contribution in [0.4, 0.5) is 15.5 Å². The predicted octanol–water partition coefficient (Wildman–Crippen LogP) is 4.44. The number of aryl methyl sites for hydroxylation is 1. The normalized spacial score (nSPS) is 12.5. The Morgan fingerprint density at radius 1 is 1.03 bits per heavy atom. The Morgan fingerprint density at radius 3 is 2.49 bits per heavy atom. The fourth-order valence-electron chi connectivity index (χ4n) is 3.67. The SMILES string of the molecule is COC(=O)NC(=O)c1c(NC(=O)c2cccc(NS(=O)(=O)c3ccc(Cl)cc3)c2)sc2c1CCC2. The molecule has 0 saturated carbocycles. The van der Waals surface area contributed by atoms with Gasteiger partial charge in [0.2, 0.25) is 0 Å². The van der Waals surface area contributed by atoms with Gasteiger partial charge in [-0.15, -0.1) is 11.3 Å². The van der Waals surface area contributed by atoms with E-state index in [2.05, 4.69) is 20.1 Å². The molecule has 3 amide bonds. The number of amides is 3. The van der Waals surface area contributed by atoms with E-state index >= 15 is 0 Å². The number of sulfonamides is 1. The zero-order chi connectivity index (χ0) is 25.2. The van der Waals surface area contributed by atoms with Gasteiger partial charge in [0, 0.05) is 21.2 Å². The number of carbonyl (C=O) groups is 3. The number of hydrogen-bond donors (Lipinski definition) is 3. The lowest BCUT2D eigenvalue weighted by Gasteiger charge is -2.11. The minimum Gasteiger partial charge on any atom is -0.453 e. The standard InChI is InChI=1S/C23H20ClN3O6S2/c1-33-23(30)26-21(29)19-17-6-3-7-18(17)34-22(19)25-20(28)13-4-2-5-15(12-13)27-35(31,32)16-10-8-14(24)9-11-16/h2,4-5,8-12,27H,3,6-7H2,1H3,(H,25,28)(H,26,29,30). The zero-order valence-corrected chi connectivity index (χ0v) is 20.8. The van der Waals surface area contributed by atoms with Crippen molar-refractivity contribution >= 4 is 61.6 Å². The first-order valence-corrected chi connectivity index (χ1v) is 13.1. The molecule has 12 heteroatoms. The molecular weight excluding hydrogens is 514 g/mol. The van der Waals surface area contributed by atoms with E-state index in [1.165, 1.54) is 59.9 Å². The molecule has 9 nitrogen and oxygen atoms in total. The van der Waals surface area contributed by atoms with E-state index in [0.717, 1.165) is 30.4 Å². The molecule has 1 aliphatic rings. The number of imide groups is 1. The van der Waals surface area contributed by atoms with Gasteiger partial charge in [0.15, 0.2) is 0 Å². The topological polar surface area (TPSA) is 131 Å². The maximum Gasteiger partial charge on any atom is 0.413 e. The summed E-state index contributed by atoms with van der Waals surface area (Å²) in [6.07, 6.45) is 1.42. The second-order valence-corrected chi connectivity index (χ2v) is 10.8. The smallest absolute Gasteiger partial charge is 0.413 e. The first-order valence-electron chi connectivity index (χ1n) is 10.4. The Morgan fingerprint density at radius 2 is 1.77 bits per heavy atom. The summed E-state index contributed by atoms with van der Waals surface area (Å²) in [7, 11) is -2.75. The highest BCUT2D eigenvalue weighted by Crippen LogP contribution is 2.39. The molecule has 2 aromatic carbocycles. The van der Waals surface area contributed by atoms with Gasteiger partial charge in [-0.1, -0.05) is 17.7 Å². The average Bonchev–Trinajstić information content (AvgIpc) is 3.40. The predicted molar refractivity (Wildman–Crippen MR) is 133 cm³/mol. The molecule has 35 heavy (non-hydrogen) atoms. The summed E-state index contributed by atoms with van der Waals surface area (Å²) in [5.41, 5.74) is 1.40. The number of halogens is 1. The van der Waals surface area contributed by atoms with Crippen molar-refractivity contribution in [2.75, 3.05) is 17.1 Å². The lowest BCUT2D eigenvalue weighted by molar-refractivity contribution is 0.0937. The number of ether oxygens (including phenoxy) is 1. The van der Waals surface area contributed by atoms with Crippen LogP contribution < -0.4 is 15.4 Å². The first kappa shape index (κ1) is 24.7. The minimum absolute atomic E-state index is 0.0196. The summed E-state index contributed by atoms with van der Waals surface area (Å²) in [6, 6.07) is 11.6. The van der Waals surface area contributed by atoms with Gasteiger partial charge < -0.3 is 10.1 Å². The van der Waals surface area contributed by atoms with Gasteiger partial charge in [0.1, 0.15) is 5.00 Å². The van der Waals surface area contributed by atoms with Crippen molar-refractivity contribution < 1.29 is 27.5 Å². The number of thiophene rings is 1. The van der Waals surface area contributed by atoms with Crippen LogP contribution in [0.5, 0.6) is 0 Å². The van der Waals surface area contributed by atoms with Gasteiger partial charge in [0.05, 0.1) is 17.6 Å². The molecule has 0 bridgehead atoms. The first-order chi connectivity index (χ1) is 16.7. The van der Waals surface area contributed by atoms with Gasteiger partial charge in [-0.3, -0.25) is 19.6 Å². The number of carbonyl (C=O) groups excluding carboxylic acids is 3. The van der Waals surface area contributed by atoms with Crippen LogP contribution in [0, 0.1) is 0 Å². The third kappa shape index (κ3) is 5.47. The van der Waals surface area contributed by atoms with Gasteiger partial charge in [-0.05, 0) is 67.3 Å². The summed E-state index contributed by atoms with van der Waals surface area (Å²) in [5.74, 6) is -1.19. The zero-order valence-electron chi connectivity index (χ0n) is 18.4. The molecule has 0 aliphatic heterocycles. The molecule has 0 radical (unpaired) electrons. The summed E-state index contributed by atoms with van der Waals surface area (Å²) < 4.78 is 32.3. The number of fused-ring (bicyclic) bond motifs is 1. The molecule has 1 heterocycles. The van der Waals surface area contributed by atoms with Gasteiger partial charge in [-0.25, -0.2) is 13.2 Å². The van der Waals surface area contributed by atoms with E-state index in [1.807, 2.05) is 0 Å². The van der Waals surface area contributed by atoms with E-state index in [-0.39, 0.29) is 21.7 Å². The van der Waals surface area contributed by atoms with Crippen LogP contribution in [0.3, 0.4) is 0 Å². The van der Waals surface area contributed by atoms with Gasteiger partial charge in [-0.2, -0.15) is 0 Å². The fraction of sp³-hybridized carbons (Fsp3) is 0.174. The molecule has 0 spiro atoms. The third-order valence-electron chi connectivity index (χ3n) is 5.28. The van der Waals surface area contributed by atoms with E-state index < -0.39 is 27.9 Å². The largest absolute Gasteiger partial charge is 0.453 e. The summed E-state index contributed by atoms with van der Waals surface area (Å²) in [5, 5.41) is 5.59. The van der Waals surface area contributed by atoms with Crippen LogP contribution in [0.2, 0.25) is 5.02 Å². The van der Waals surface area contributed by atoms with E-state index in [1.54, 1.807) is 0 Å². The molecule has 3 aromatic rings. The Hall–Kier alpha value is -3.41. The van der Waals surface area contributed by atoms with Gasteiger partial charge >= 0.3 is 6.09 Å². The summed E-state index contributed by atoms with van der Waals surface area (Å²) in [4.78, 5) is 38.2. The fourth-order valence-corrected chi connectivity index (χ4v) is 6.12. The summed E-state index contributed by atoms with van der Waals surface area (Å²) in [6.45, 7) is 0. The molecule has 182 valence electrons. The van der Waals surface area contributed by atoms with Crippen molar-refractivity contribution in [3.05, 3.63) is 75.1 Å². The van der Waals surface area contributed by atoms with Crippen LogP contribution in [-0.2, 0) is 27.6 Å². The second kappa shape index (κ2) is 10.1. The van der Waals surface area contributed by atoms with Crippen LogP contribution in [-0.4, -0.2) is 33.4 Å². The highest BCUT2D eigenvalue weighted by molar-refractivity contribution is 7.92. The van der Waals surface area contributed by atoms with E-state index in [4.69, 9.17) is 11.6 Å². The molecule has 0 fully saturated rings. The van der Waals surface area contributed by atoms with E-state index in [0.29, 0.717) is 16.4 Å². The minimum atomic E-state index is -3.90. The molecule has 4 rings (SSSR count). The molecule has 0 atom stereocenters. The van der Waals surface area contributed by atoms with Crippen LogP contribution >= 0.6 is 22.9 Å². The number of rotatable bonds is 6. The molecule has 1 aliphatic carbocycles.